The normalized spacial score (nSPS) is 17.2. The number of piperazine rings is 1. The summed E-state index contributed by atoms with van der Waals surface area (Å²) in [6.07, 6.45) is 0. The molecule has 2 rings (SSSR count). The van der Waals surface area contributed by atoms with E-state index in [-0.39, 0.29) is 17.5 Å². The fourth-order valence-corrected chi connectivity index (χ4v) is 2.21. The number of phenols is 3. The SMILES string of the molecule is CC(C)(C)C(=O)ON1CCN(Cc2ccc(O)c(O)c2O)CC1. The number of nitrogens with zero attached hydrogens (tertiary/aromatic N) is 2. The summed E-state index contributed by atoms with van der Waals surface area (Å²) in [7, 11) is 0. The minimum absolute atomic E-state index is 0.257. The van der Waals surface area contributed by atoms with Crippen molar-refractivity contribution in [3.8, 4) is 17.2 Å². The van der Waals surface area contributed by atoms with Gasteiger partial charge in [0.1, 0.15) is 0 Å². The minimum atomic E-state index is -0.535. The topological polar surface area (TPSA) is 93.5 Å². The van der Waals surface area contributed by atoms with Gasteiger partial charge in [0.25, 0.3) is 0 Å². The van der Waals surface area contributed by atoms with Crippen LogP contribution >= 0.6 is 0 Å². The zero-order valence-corrected chi connectivity index (χ0v) is 13.7. The lowest BCUT2D eigenvalue weighted by Crippen LogP contribution is -2.47. The lowest BCUT2D eigenvalue weighted by atomic mass is 9.98. The van der Waals surface area contributed by atoms with Crippen molar-refractivity contribution in [2.75, 3.05) is 26.2 Å². The van der Waals surface area contributed by atoms with E-state index in [2.05, 4.69) is 4.90 Å². The Labute approximate surface area is 135 Å². The van der Waals surface area contributed by atoms with E-state index >= 15 is 0 Å². The minimum Gasteiger partial charge on any atom is -0.504 e. The van der Waals surface area contributed by atoms with Gasteiger partial charge in [-0.1, -0.05) is 6.07 Å². The first-order valence-corrected chi connectivity index (χ1v) is 7.61. The smallest absolute Gasteiger partial charge is 0.330 e. The van der Waals surface area contributed by atoms with Gasteiger partial charge in [-0.25, -0.2) is 4.79 Å². The first-order chi connectivity index (χ1) is 10.7. The van der Waals surface area contributed by atoms with Crippen LogP contribution in [0.5, 0.6) is 17.2 Å². The van der Waals surface area contributed by atoms with E-state index in [0.29, 0.717) is 38.3 Å². The van der Waals surface area contributed by atoms with E-state index < -0.39 is 11.2 Å². The molecule has 0 atom stereocenters. The molecule has 1 aromatic rings. The molecule has 0 amide bonds. The first kappa shape index (κ1) is 17.4. The zero-order chi connectivity index (χ0) is 17.2. The Kier molecular flexibility index (Phi) is 5.01. The van der Waals surface area contributed by atoms with Crippen LogP contribution in [-0.4, -0.2) is 57.4 Å². The summed E-state index contributed by atoms with van der Waals surface area (Å²) < 4.78 is 0. The third-order valence-corrected chi connectivity index (χ3v) is 3.76. The number of phenolic OH excluding ortho intramolecular Hbond substituents is 3. The lowest BCUT2D eigenvalue weighted by molar-refractivity contribution is -0.207. The quantitative estimate of drug-likeness (QED) is 0.724. The third kappa shape index (κ3) is 4.27. The monoisotopic (exact) mass is 324 g/mol. The van der Waals surface area contributed by atoms with Crippen molar-refractivity contribution in [1.82, 2.24) is 9.96 Å². The van der Waals surface area contributed by atoms with Crippen molar-refractivity contribution in [2.24, 2.45) is 5.41 Å². The fraction of sp³-hybridized carbons (Fsp3) is 0.562. The second kappa shape index (κ2) is 6.64. The van der Waals surface area contributed by atoms with Crippen LogP contribution in [-0.2, 0) is 16.2 Å². The number of aromatic hydroxyl groups is 3. The largest absolute Gasteiger partial charge is 0.504 e. The summed E-state index contributed by atoms with van der Waals surface area (Å²) in [6.45, 7) is 8.36. The molecular formula is C16H24N2O5. The van der Waals surface area contributed by atoms with Crippen LogP contribution in [0.1, 0.15) is 26.3 Å². The molecule has 3 N–H and O–H groups in total. The molecule has 0 unspecified atom stereocenters. The molecule has 128 valence electrons. The van der Waals surface area contributed by atoms with E-state index in [1.807, 2.05) is 20.8 Å². The van der Waals surface area contributed by atoms with Crippen LogP contribution in [0.3, 0.4) is 0 Å². The Bertz CT molecular complexity index is 575. The fourth-order valence-electron chi connectivity index (χ4n) is 2.21. The summed E-state index contributed by atoms with van der Waals surface area (Å²) in [4.78, 5) is 19.3. The molecule has 1 aromatic carbocycles. The molecular weight excluding hydrogens is 300 g/mol. The van der Waals surface area contributed by atoms with Gasteiger partial charge in [-0.15, -0.1) is 5.06 Å². The Morgan fingerprint density at radius 2 is 1.70 bits per heavy atom. The van der Waals surface area contributed by atoms with Gasteiger partial charge in [0.2, 0.25) is 5.75 Å². The number of carbonyl (C=O) groups excluding carboxylic acids is 1. The summed E-state index contributed by atoms with van der Waals surface area (Å²) in [5, 5.41) is 30.4. The Balaban J connectivity index is 1.88. The van der Waals surface area contributed by atoms with Gasteiger partial charge in [0.05, 0.1) is 5.41 Å². The Hall–Kier alpha value is -1.99. The second-order valence-corrected chi connectivity index (χ2v) is 6.77. The molecule has 1 saturated heterocycles. The van der Waals surface area contributed by atoms with E-state index in [9.17, 15) is 20.1 Å². The van der Waals surface area contributed by atoms with Crippen molar-refractivity contribution in [1.29, 1.82) is 0 Å². The lowest BCUT2D eigenvalue weighted by Gasteiger charge is -2.34. The molecule has 0 aliphatic carbocycles. The second-order valence-electron chi connectivity index (χ2n) is 6.77. The van der Waals surface area contributed by atoms with Gasteiger partial charge in [0.15, 0.2) is 11.5 Å². The van der Waals surface area contributed by atoms with Crippen molar-refractivity contribution in [3.05, 3.63) is 17.7 Å². The number of hydrogen-bond donors (Lipinski definition) is 3. The summed E-state index contributed by atoms with van der Waals surface area (Å²) in [6, 6.07) is 2.93. The summed E-state index contributed by atoms with van der Waals surface area (Å²) >= 11 is 0. The van der Waals surface area contributed by atoms with Crippen LogP contribution < -0.4 is 0 Å². The molecule has 7 heteroatoms. The highest BCUT2D eigenvalue weighted by atomic mass is 16.7. The van der Waals surface area contributed by atoms with Crippen molar-refractivity contribution < 1.29 is 25.0 Å². The van der Waals surface area contributed by atoms with Crippen LogP contribution in [0.2, 0.25) is 0 Å². The van der Waals surface area contributed by atoms with Gasteiger partial charge in [0, 0.05) is 38.3 Å². The molecule has 1 aliphatic heterocycles. The maximum absolute atomic E-state index is 11.9. The number of benzene rings is 1. The van der Waals surface area contributed by atoms with E-state index in [1.54, 1.807) is 11.1 Å². The predicted molar refractivity (Wildman–Crippen MR) is 83.8 cm³/mol. The van der Waals surface area contributed by atoms with Crippen LogP contribution in [0, 0.1) is 5.41 Å². The first-order valence-electron chi connectivity index (χ1n) is 7.61. The third-order valence-electron chi connectivity index (χ3n) is 3.76. The van der Waals surface area contributed by atoms with E-state index in [1.165, 1.54) is 6.07 Å². The molecule has 1 aliphatic rings. The molecule has 0 aromatic heterocycles. The molecule has 0 saturated carbocycles. The highest BCUT2D eigenvalue weighted by Gasteiger charge is 2.28. The molecule has 1 fully saturated rings. The van der Waals surface area contributed by atoms with E-state index in [0.717, 1.165) is 0 Å². The van der Waals surface area contributed by atoms with Crippen LogP contribution in [0.4, 0.5) is 0 Å². The van der Waals surface area contributed by atoms with Gasteiger partial charge in [-0.3, -0.25) is 4.90 Å². The number of rotatable bonds is 3. The summed E-state index contributed by atoms with van der Waals surface area (Å²) in [5.41, 5.74) is 0.00684. The summed E-state index contributed by atoms with van der Waals surface area (Å²) in [5.74, 6) is -1.40. The highest BCUT2D eigenvalue weighted by Crippen LogP contribution is 2.37. The Morgan fingerprint density at radius 3 is 2.26 bits per heavy atom. The average molecular weight is 324 g/mol. The Morgan fingerprint density at radius 1 is 1.09 bits per heavy atom. The standard InChI is InChI=1S/C16H24N2O5/c1-16(2,3)15(22)23-18-8-6-17(7-9-18)10-11-4-5-12(19)14(21)13(11)20/h4-5,19-21H,6-10H2,1-3H3. The molecule has 0 radical (unpaired) electrons. The van der Waals surface area contributed by atoms with Gasteiger partial charge in [-0.05, 0) is 26.8 Å². The van der Waals surface area contributed by atoms with Crippen molar-refractivity contribution in [2.45, 2.75) is 27.3 Å². The van der Waals surface area contributed by atoms with E-state index in [4.69, 9.17) is 4.84 Å². The van der Waals surface area contributed by atoms with Crippen molar-refractivity contribution in [3.63, 3.8) is 0 Å². The molecule has 0 spiro atoms. The molecule has 23 heavy (non-hydrogen) atoms. The van der Waals surface area contributed by atoms with Crippen molar-refractivity contribution >= 4 is 5.97 Å². The predicted octanol–water partition coefficient (Wildman–Crippen LogP) is 1.43. The number of hydrogen-bond acceptors (Lipinski definition) is 7. The average Bonchev–Trinajstić information content (AvgIpc) is 2.49. The van der Waals surface area contributed by atoms with Gasteiger partial charge >= 0.3 is 5.97 Å². The van der Waals surface area contributed by atoms with Gasteiger partial charge < -0.3 is 20.2 Å². The molecule has 0 bridgehead atoms. The van der Waals surface area contributed by atoms with Crippen LogP contribution in [0.25, 0.3) is 0 Å². The highest BCUT2D eigenvalue weighted by molar-refractivity contribution is 5.75. The van der Waals surface area contributed by atoms with Crippen LogP contribution in [0.15, 0.2) is 12.1 Å². The number of hydroxylamine groups is 2. The maximum Gasteiger partial charge on any atom is 0.330 e. The number of carbonyl (C=O) groups is 1. The maximum atomic E-state index is 11.9. The molecule has 7 nitrogen and oxygen atoms in total. The van der Waals surface area contributed by atoms with Gasteiger partial charge in [-0.2, -0.15) is 0 Å². The zero-order valence-electron chi connectivity index (χ0n) is 13.7. The molecule has 1 heterocycles.